The topological polar surface area (TPSA) is 58.8 Å². The summed E-state index contributed by atoms with van der Waals surface area (Å²) in [5.74, 6) is 2.23. The van der Waals surface area contributed by atoms with Crippen molar-refractivity contribution in [3.8, 4) is 11.6 Å². The highest BCUT2D eigenvalue weighted by atomic mass is 16.5. The molecule has 5 rings (SSSR count). The molecule has 1 aromatic heterocycles. The van der Waals surface area contributed by atoms with Crippen LogP contribution in [0.5, 0.6) is 11.6 Å². The summed E-state index contributed by atoms with van der Waals surface area (Å²) in [6.07, 6.45) is 0. The van der Waals surface area contributed by atoms with Gasteiger partial charge in [0.2, 0.25) is 5.88 Å². The first-order chi connectivity index (χ1) is 14.2. The average molecular weight is 388 g/mol. The molecule has 3 aromatic rings. The minimum Gasteiger partial charge on any atom is -0.435 e. The summed E-state index contributed by atoms with van der Waals surface area (Å²) in [5, 5.41) is 8.90. The monoisotopic (exact) mass is 388 g/mol. The highest BCUT2D eigenvalue weighted by molar-refractivity contribution is 6.01. The first-order valence-corrected chi connectivity index (χ1v) is 9.96. The Morgan fingerprint density at radius 3 is 2.59 bits per heavy atom. The molecule has 0 saturated carbocycles. The number of hydrogen-bond donors (Lipinski definition) is 0. The predicted molar refractivity (Wildman–Crippen MR) is 112 cm³/mol. The van der Waals surface area contributed by atoms with E-state index in [0.717, 1.165) is 54.6 Å². The molecule has 1 saturated heterocycles. The first-order valence-electron chi connectivity index (χ1n) is 9.96. The largest absolute Gasteiger partial charge is 0.435 e. The number of nitrogens with zero attached hydrogens (tertiary/aromatic N) is 6. The number of fused-ring (bicyclic) bond motifs is 2. The van der Waals surface area contributed by atoms with Crippen LogP contribution in [0.15, 0.2) is 53.5 Å². The van der Waals surface area contributed by atoms with Crippen LogP contribution in [-0.4, -0.2) is 63.9 Å². The van der Waals surface area contributed by atoms with Crippen LogP contribution in [-0.2, 0) is 6.54 Å². The van der Waals surface area contributed by atoms with E-state index in [2.05, 4.69) is 52.3 Å². The van der Waals surface area contributed by atoms with Crippen LogP contribution in [0.3, 0.4) is 0 Å². The van der Waals surface area contributed by atoms with Crippen LogP contribution in [0.1, 0.15) is 16.8 Å². The zero-order valence-electron chi connectivity index (χ0n) is 16.7. The van der Waals surface area contributed by atoms with Gasteiger partial charge in [-0.15, -0.1) is 5.10 Å². The van der Waals surface area contributed by atoms with Crippen molar-refractivity contribution in [2.75, 3.05) is 33.2 Å². The lowest BCUT2D eigenvalue weighted by atomic mass is 10.2. The number of hydrogen-bond acceptors (Lipinski definition) is 6. The summed E-state index contributed by atoms with van der Waals surface area (Å²) in [4.78, 5) is 9.62. The second kappa shape index (κ2) is 7.33. The number of likely N-dealkylation sites (N-methyl/N-ethyl adjacent to an activating group) is 1. The number of amidine groups is 1. The smallest absolute Gasteiger partial charge is 0.250 e. The van der Waals surface area contributed by atoms with Gasteiger partial charge in [-0.05, 0) is 37.2 Å². The molecule has 7 heteroatoms. The van der Waals surface area contributed by atoms with E-state index in [-0.39, 0.29) is 0 Å². The second-order valence-electron chi connectivity index (χ2n) is 7.69. The van der Waals surface area contributed by atoms with Gasteiger partial charge in [-0.3, -0.25) is 0 Å². The Hall–Kier alpha value is -3.19. The van der Waals surface area contributed by atoms with E-state index >= 15 is 0 Å². The van der Waals surface area contributed by atoms with Crippen LogP contribution >= 0.6 is 0 Å². The Kier molecular flexibility index (Phi) is 4.52. The molecule has 1 fully saturated rings. The fraction of sp³-hybridized carbons (Fsp3) is 0.318. The van der Waals surface area contributed by atoms with Crippen molar-refractivity contribution >= 4 is 11.5 Å². The molecule has 2 aliphatic heterocycles. The fourth-order valence-corrected chi connectivity index (χ4v) is 3.72. The van der Waals surface area contributed by atoms with E-state index in [0.29, 0.717) is 18.1 Å². The molecule has 2 aromatic carbocycles. The van der Waals surface area contributed by atoms with Gasteiger partial charge in [-0.2, -0.15) is 0 Å². The third kappa shape index (κ3) is 3.49. The predicted octanol–water partition coefficient (Wildman–Crippen LogP) is 3.07. The van der Waals surface area contributed by atoms with E-state index < -0.39 is 0 Å². The summed E-state index contributed by atoms with van der Waals surface area (Å²) in [5.41, 5.74) is 3.84. The first kappa shape index (κ1) is 17.9. The van der Waals surface area contributed by atoms with Crippen LogP contribution in [0.25, 0.3) is 0 Å². The summed E-state index contributed by atoms with van der Waals surface area (Å²) >= 11 is 0. The fourth-order valence-electron chi connectivity index (χ4n) is 3.72. The maximum Gasteiger partial charge on any atom is 0.250 e. The molecular weight excluding hydrogens is 364 g/mol. The number of rotatable bonds is 2. The van der Waals surface area contributed by atoms with Gasteiger partial charge >= 0.3 is 0 Å². The maximum absolute atomic E-state index is 6.33. The Labute approximate surface area is 170 Å². The Bertz CT molecular complexity index is 1050. The molecule has 0 amide bonds. The van der Waals surface area contributed by atoms with Crippen molar-refractivity contribution in [3.05, 3.63) is 65.4 Å². The number of benzene rings is 2. The number of aromatic nitrogens is 3. The molecule has 0 bridgehead atoms. The Morgan fingerprint density at radius 2 is 1.79 bits per heavy atom. The molecule has 0 radical (unpaired) electrons. The average Bonchev–Trinajstić information content (AvgIpc) is 3.03. The summed E-state index contributed by atoms with van der Waals surface area (Å²) in [6.45, 7) is 6.46. The Balaban J connectivity index is 1.59. The highest BCUT2D eigenvalue weighted by Crippen LogP contribution is 2.38. The standard InChI is InChI=1S/C22H24N6O/c1-16-8-9-19-18(14-16)23-21(27-12-10-26(2)11-13-27)20-22(29-19)28(25-24-20)15-17-6-4-3-5-7-17/h3-9,14H,10-13,15H2,1-2H3. The molecule has 2 aliphatic rings. The van der Waals surface area contributed by atoms with E-state index in [1.807, 2.05) is 35.0 Å². The van der Waals surface area contributed by atoms with E-state index in [1.165, 1.54) is 0 Å². The zero-order chi connectivity index (χ0) is 19.8. The van der Waals surface area contributed by atoms with Crippen molar-refractivity contribution in [1.82, 2.24) is 24.8 Å². The molecule has 0 N–H and O–H groups in total. The van der Waals surface area contributed by atoms with E-state index in [4.69, 9.17) is 9.73 Å². The van der Waals surface area contributed by atoms with Gasteiger partial charge in [-0.1, -0.05) is 41.6 Å². The third-order valence-electron chi connectivity index (χ3n) is 5.43. The SMILES string of the molecule is Cc1ccc2c(c1)N=C(N1CCN(C)CC1)c1nnn(Cc3ccccc3)c1O2. The van der Waals surface area contributed by atoms with Crippen LogP contribution in [0.4, 0.5) is 5.69 Å². The molecule has 0 aliphatic carbocycles. The van der Waals surface area contributed by atoms with Crippen LogP contribution in [0.2, 0.25) is 0 Å². The van der Waals surface area contributed by atoms with Crippen molar-refractivity contribution in [2.45, 2.75) is 13.5 Å². The zero-order valence-corrected chi connectivity index (χ0v) is 16.7. The number of aryl methyl sites for hydroxylation is 1. The quantitative estimate of drug-likeness (QED) is 0.675. The Morgan fingerprint density at radius 1 is 1.00 bits per heavy atom. The van der Waals surface area contributed by atoms with Gasteiger partial charge in [0.15, 0.2) is 17.3 Å². The van der Waals surface area contributed by atoms with Crippen molar-refractivity contribution < 1.29 is 4.74 Å². The molecular formula is C22H24N6O. The molecule has 3 heterocycles. The van der Waals surface area contributed by atoms with Crippen molar-refractivity contribution in [2.24, 2.45) is 4.99 Å². The molecule has 0 unspecified atom stereocenters. The number of ether oxygens (including phenoxy) is 1. The van der Waals surface area contributed by atoms with Crippen molar-refractivity contribution in [3.63, 3.8) is 0 Å². The number of piperazine rings is 1. The second-order valence-corrected chi connectivity index (χ2v) is 7.69. The normalized spacial score (nSPS) is 16.5. The summed E-state index contributed by atoms with van der Waals surface area (Å²) in [6, 6.07) is 16.3. The molecule has 29 heavy (non-hydrogen) atoms. The van der Waals surface area contributed by atoms with Gasteiger partial charge in [0.05, 0.1) is 6.54 Å². The molecule has 7 nitrogen and oxygen atoms in total. The third-order valence-corrected chi connectivity index (χ3v) is 5.43. The van der Waals surface area contributed by atoms with Crippen LogP contribution in [0, 0.1) is 6.92 Å². The summed E-state index contributed by atoms with van der Waals surface area (Å²) in [7, 11) is 2.15. The summed E-state index contributed by atoms with van der Waals surface area (Å²) < 4.78 is 8.15. The lowest BCUT2D eigenvalue weighted by molar-refractivity contribution is 0.215. The molecule has 0 spiro atoms. The minimum absolute atomic E-state index is 0.598. The van der Waals surface area contributed by atoms with Gasteiger partial charge in [0.1, 0.15) is 5.69 Å². The van der Waals surface area contributed by atoms with Gasteiger partial charge in [0.25, 0.3) is 0 Å². The minimum atomic E-state index is 0.598. The van der Waals surface area contributed by atoms with Gasteiger partial charge < -0.3 is 14.5 Å². The van der Waals surface area contributed by atoms with Crippen molar-refractivity contribution in [1.29, 1.82) is 0 Å². The number of aliphatic imine (C=N–C) groups is 1. The van der Waals surface area contributed by atoms with Gasteiger partial charge in [-0.25, -0.2) is 9.67 Å². The van der Waals surface area contributed by atoms with E-state index in [9.17, 15) is 0 Å². The van der Waals surface area contributed by atoms with Crippen LogP contribution < -0.4 is 4.74 Å². The van der Waals surface area contributed by atoms with Gasteiger partial charge in [0, 0.05) is 26.2 Å². The molecule has 148 valence electrons. The van der Waals surface area contributed by atoms with E-state index in [1.54, 1.807) is 0 Å². The molecule has 0 atom stereocenters. The lowest BCUT2D eigenvalue weighted by Crippen LogP contribution is -2.47. The highest BCUT2D eigenvalue weighted by Gasteiger charge is 2.30. The maximum atomic E-state index is 6.33. The lowest BCUT2D eigenvalue weighted by Gasteiger charge is -2.33.